The van der Waals surface area contributed by atoms with Gasteiger partial charge in [0.1, 0.15) is 0 Å². The predicted octanol–water partition coefficient (Wildman–Crippen LogP) is 3.45. The molecule has 0 saturated carbocycles. The summed E-state index contributed by atoms with van der Waals surface area (Å²) in [5.41, 5.74) is 10.6. The molecule has 0 aliphatic rings. The molecule has 0 radical (unpaired) electrons. The third-order valence-electron chi connectivity index (χ3n) is 2.42. The first-order valence-corrected chi connectivity index (χ1v) is 4.97. The standard InChI is InChI=1S/C12H9ClN2/c1-8-5-6-11(13)10-4-2-3-9(7-15-14)12(8)10/h2-7H,1H3. The van der Waals surface area contributed by atoms with Crippen LogP contribution in [0.5, 0.6) is 0 Å². The van der Waals surface area contributed by atoms with E-state index in [-0.39, 0.29) is 0 Å². The van der Waals surface area contributed by atoms with Crippen LogP contribution in [-0.2, 0) is 0 Å². The van der Waals surface area contributed by atoms with Gasteiger partial charge in [0.25, 0.3) is 6.21 Å². The lowest BCUT2D eigenvalue weighted by Gasteiger charge is -2.05. The molecule has 0 saturated heterocycles. The van der Waals surface area contributed by atoms with Gasteiger partial charge in [-0.2, -0.15) is 4.79 Å². The van der Waals surface area contributed by atoms with Crippen molar-refractivity contribution in [2.45, 2.75) is 6.92 Å². The normalized spacial score (nSPS) is 10.0. The molecule has 0 amide bonds. The van der Waals surface area contributed by atoms with Crippen molar-refractivity contribution in [2.24, 2.45) is 0 Å². The molecule has 0 spiro atoms. The zero-order valence-corrected chi connectivity index (χ0v) is 8.99. The molecule has 0 aromatic heterocycles. The van der Waals surface area contributed by atoms with Gasteiger partial charge in [0.05, 0.1) is 5.56 Å². The fourth-order valence-corrected chi connectivity index (χ4v) is 1.97. The van der Waals surface area contributed by atoms with Crippen LogP contribution < -0.4 is 0 Å². The molecule has 2 rings (SSSR count). The van der Waals surface area contributed by atoms with E-state index in [9.17, 15) is 0 Å². The Morgan fingerprint density at radius 1 is 1.27 bits per heavy atom. The smallest absolute Gasteiger partial charge is 0.288 e. The lowest BCUT2D eigenvalue weighted by molar-refractivity contribution is 0.00466. The molecule has 2 aromatic rings. The lowest BCUT2D eigenvalue weighted by Crippen LogP contribution is -1.88. The van der Waals surface area contributed by atoms with Gasteiger partial charge in [-0.25, -0.2) is 0 Å². The summed E-state index contributed by atoms with van der Waals surface area (Å²) in [4.78, 5) is 3.06. The fourth-order valence-electron chi connectivity index (χ4n) is 1.75. The third-order valence-corrected chi connectivity index (χ3v) is 2.75. The highest BCUT2D eigenvalue weighted by molar-refractivity contribution is 6.36. The average Bonchev–Trinajstić information content (AvgIpc) is 2.24. The number of aryl methyl sites for hydroxylation is 1. The van der Waals surface area contributed by atoms with Crippen molar-refractivity contribution >= 4 is 28.6 Å². The molecule has 0 atom stereocenters. The first-order chi connectivity index (χ1) is 7.24. The quantitative estimate of drug-likeness (QED) is 0.398. The van der Waals surface area contributed by atoms with Crippen LogP contribution in [0.1, 0.15) is 11.1 Å². The summed E-state index contributed by atoms with van der Waals surface area (Å²) in [7, 11) is 0. The van der Waals surface area contributed by atoms with E-state index in [2.05, 4.69) is 4.79 Å². The lowest BCUT2D eigenvalue weighted by atomic mass is 10.0. The molecule has 0 aliphatic carbocycles. The van der Waals surface area contributed by atoms with Gasteiger partial charge in [0.2, 0.25) is 0 Å². The molecule has 0 N–H and O–H groups in total. The van der Waals surface area contributed by atoms with E-state index in [0.29, 0.717) is 5.02 Å². The minimum Gasteiger partial charge on any atom is -0.361 e. The van der Waals surface area contributed by atoms with Gasteiger partial charge in [-0.3, -0.25) is 0 Å². The summed E-state index contributed by atoms with van der Waals surface area (Å²) < 4.78 is 0. The second-order valence-electron chi connectivity index (χ2n) is 3.38. The molecular weight excluding hydrogens is 208 g/mol. The maximum absolute atomic E-state index is 8.58. The molecule has 3 heteroatoms. The van der Waals surface area contributed by atoms with Crippen molar-refractivity contribution in [1.82, 2.24) is 0 Å². The van der Waals surface area contributed by atoms with E-state index in [1.165, 1.54) is 6.21 Å². The fraction of sp³-hybridized carbons (Fsp3) is 0.0833. The Balaban J connectivity index is 2.95. The summed E-state index contributed by atoms with van der Waals surface area (Å²) >= 11 is 6.09. The molecule has 74 valence electrons. The number of halogens is 1. The van der Waals surface area contributed by atoms with E-state index >= 15 is 0 Å². The Labute approximate surface area is 92.7 Å². The Morgan fingerprint density at radius 3 is 2.80 bits per heavy atom. The van der Waals surface area contributed by atoms with Gasteiger partial charge in [-0.1, -0.05) is 29.8 Å². The molecule has 2 aromatic carbocycles. The van der Waals surface area contributed by atoms with Crippen molar-refractivity contribution in [3.63, 3.8) is 0 Å². The number of hydrogen-bond donors (Lipinski definition) is 0. The Hall–Kier alpha value is -1.63. The number of fused-ring (bicyclic) bond motifs is 1. The average molecular weight is 217 g/mol. The maximum atomic E-state index is 8.58. The van der Waals surface area contributed by atoms with Crippen LogP contribution in [-0.4, -0.2) is 11.0 Å². The highest BCUT2D eigenvalue weighted by Gasteiger charge is 2.07. The van der Waals surface area contributed by atoms with Crippen LogP contribution in [0.15, 0.2) is 30.3 Å². The summed E-state index contributed by atoms with van der Waals surface area (Å²) in [5, 5.41) is 2.72. The second-order valence-corrected chi connectivity index (χ2v) is 3.79. The van der Waals surface area contributed by atoms with Crippen molar-refractivity contribution in [2.75, 3.05) is 0 Å². The number of nitrogens with zero attached hydrogens (tertiary/aromatic N) is 2. The summed E-state index contributed by atoms with van der Waals surface area (Å²) in [6.07, 6.45) is 1.42. The van der Waals surface area contributed by atoms with E-state index in [0.717, 1.165) is 21.9 Å². The minimum atomic E-state index is 0.712. The predicted molar refractivity (Wildman–Crippen MR) is 62.5 cm³/mol. The monoisotopic (exact) mass is 216 g/mol. The van der Waals surface area contributed by atoms with Crippen LogP contribution in [0.2, 0.25) is 5.02 Å². The largest absolute Gasteiger partial charge is 0.361 e. The summed E-state index contributed by atoms with van der Waals surface area (Å²) in [6.45, 7) is 2.01. The highest BCUT2D eigenvalue weighted by atomic mass is 35.5. The molecule has 0 bridgehead atoms. The molecule has 0 fully saturated rings. The van der Waals surface area contributed by atoms with Gasteiger partial charge < -0.3 is 5.53 Å². The van der Waals surface area contributed by atoms with Crippen molar-refractivity contribution < 1.29 is 4.79 Å². The minimum absolute atomic E-state index is 0.712. The van der Waals surface area contributed by atoms with Gasteiger partial charge >= 0.3 is 0 Å². The molecule has 0 aliphatic heterocycles. The molecule has 0 unspecified atom stereocenters. The molecule has 0 heterocycles. The molecule has 15 heavy (non-hydrogen) atoms. The summed E-state index contributed by atoms with van der Waals surface area (Å²) in [5.74, 6) is 0. The first kappa shape index (κ1) is 9.91. The van der Waals surface area contributed by atoms with Crippen molar-refractivity contribution in [1.29, 1.82) is 0 Å². The van der Waals surface area contributed by atoms with Crippen LogP contribution in [0.4, 0.5) is 0 Å². The van der Waals surface area contributed by atoms with Gasteiger partial charge in [0.15, 0.2) is 0 Å². The van der Waals surface area contributed by atoms with E-state index in [1.54, 1.807) is 0 Å². The van der Waals surface area contributed by atoms with Gasteiger partial charge in [0, 0.05) is 15.8 Å². The van der Waals surface area contributed by atoms with E-state index in [4.69, 9.17) is 17.1 Å². The molecule has 2 nitrogen and oxygen atoms in total. The Bertz CT molecular complexity index is 569. The zero-order chi connectivity index (χ0) is 10.8. The van der Waals surface area contributed by atoms with E-state index < -0.39 is 0 Å². The zero-order valence-electron chi connectivity index (χ0n) is 8.24. The van der Waals surface area contributed by atoms with Crippen LogP contribution in [0, 0.1) is 6.92 Å². The number of benzene rings is 2. The van der Waals surface area contributed by atoms with Gasteiger partial charge in [-0.05, 0) is 24.6 Å². The van der Waals surface area contributed by atoms with Crippen LogP contribution in [0.25, 0.3) is 16.3 Å². The SMILES string of the molecule is Cc1ccc(Cl)c2cccc(C=[N+]=[N-])c12. The maximum Gasteiger partial charge on any atom is 0.288 e. The van der Waals surface area contributed by atoms with Gasteiger partial charge in [-0.15, -0.1) is 0 Å². The topological polar surface area (TPSA) is 36.4 Å². The van der Waals surface area contributed by atoms with E-state index in [1.807, 2.05) is 37.3 Å². The van der Waals surface area contributed by atoms with Crippen molar-refractivity contribution in [3.05, 3.63) is 52.0 Å². The van der Waals surface area contributed by atoms with Crippen LogP contribution >= 0.6 is 11.6 Å². The highest BCUT2D eigenvalue weighted by Crippen LogP contribution is 2.28. The second kappa shape index (κ2) is 3.85. The first-order valence-electron chi connectivity index (χ1n) is 4.59. The van der Waals surface area contributed by atoms with Crippen molar-refractivity contribution in [3.8, 4) is 0 Å². The number of rotatable bonds is 1. The Kier molecular flexibility index (Phi) is 2.55. The third kappa shape index (κ3) is 1.65. The number of hydrogen-bond acceptors (Lipinski definition) is 0. The summed E-state index contributed by atoms with van der Waals surface area (Å²) in [6, 6.07) is 9.58. The Morgan fingerprint density at radius 2 is 2.07 bits per heavy atom. The molecular formula is C12H9ClN2. The van der Waals surface area contributed by atoms with Crippen LogP contribution in [0.3, 0.4) is 0 Å².